The second kappa shape index (κ2) is 5.81. The lowest BCUT2D eigenvalue weighted by Gasteiger charge is -2.23. The van der Waals surface area contributed by atoms with Crippen molar-refractivity contribution in [2.24, 2.45) is 5.92 Å². The van der Waals surface area contributed by atoms with E-state index in [9.17, 15) is 4.79 Å². The van der Waals surface area contributed by atoms with Crippen LogP contribution in [0.15, 0.2) is 11.1 Å². The van der Waals surface area contributed by atoms with Gasteiger partial charge in [0, 0.05) is 13.5 Å². The molecular weight excluding hydrogens is 212 g/mol. The molecule has 0 saturated heterocycles. The molecule has 0 saturated carbocycles. The summed E-state index contributed by atoms with van der Waals surface area (Å²) in [5, 5.41) is 0. The van der Waals surface area contributed by atoms with Crippen LogP contribution >= 0.6 is 0 Å². The fraction of sp³-hybridized carbons (Fsp3) is 0.800. The summed E-state index contributed by atoms with van der Waals surface area (Å²) in [5.41, 5.74) is 2.39. The summed E-state index contributed by atoms with van der Waals surface area (Å²) >= 11 is 0. The summed E-state index contributed by atoms with van der Waals surface area (Å²) < 4.78 is 5.41. The van der Waals surface area contributed by atoms with Gasteiger partial charge in [-0.1, -0.05) is 18.9 Å². The van der Waals surface area contributed by atoms with Gasteiger partial charge in [-0.3, -0.25) is 4.79 Å². The molecule has 0 amide bonds. The Hall–Kier alpha value is -0.630. The van der Waals surface area contributed by atoms with Crippen LogP contribution in [-0.4, -0.2) is 18.5 Å². The van der Waals surface area contributed by atoms with Crippen LogP contribution in [-0.2, 0) is 9.53 Å². The molecule has 1 atom stereocenters. The molecule has 17 heavy (non-hydrogen) atoms. The highest BCUT2D eigenvalue weighted by molar-refractivity contribution is 5.98. The number of allylic oxidation sites excluding steroid dienone is 2. The summed E-state index contributed by atoms with van der Waals surface area (Å²) in [7, 11) is 1.76. The zero-order valence-electron chi connectivity index (χ0n) is 11.9. The smallest absolute Gasteiger partial charge is 0.159 e. The van der Waals surface area contributed by atoms with Gasteiger partial charge in [0.1, 0.15) is 0 Å². The Kier molecular flexibility index (Phi) is 4.93. The van der Waals surface area contributed by atoms with Gasteiger partial charge in [-0.05, 0) is 51.5 Å². The average molecular weight is 238 g/mol. The molecule has 0 radical (unpaired) electrons. The van der Waals surface area contributed by atoms with E-state index in [0.29, 0.717) is 11.7 Å². The molecule has 0 aromatic rings. The Morgan fingerprint density at radius 2 is 2.00 bits per heavy atom. The number of methoxy groups -OCH3 is 1. The van der Waals surface area contributed by atoms with Crippen LogP contribution in [0.3, 0.4) is 0 Å². The Labute approximate surface area is 105 Å². The standard InChI is InChI=1S/C15H26O2/c1-11(7-6-10-15(3,4)17-5)14-12(2)8-9-13(14)16/h11H,6-10H2,1-5H3. The highest BCUT2D eigenvalue weighted by atomic mass is 16.5. The van der Waals surface area contributed by atoms with Crippen LogP contribution in [0.5, 0.6) is 0 Å². The first-order chi connectivity index (χ1) is 7.87. The zero-order chi connectivity index (χ0) is 13.1. The molecule has 98 valence electrons. The van der Waals surface area contributed by atoms with E-state index in [4.69, 9.17) is 4.74 Å². The monoisotopic (exact) mass is 238 g/mol. The van der Waals surface area contributed by atoms with E-state index in [1.165, 1.54) is 5.57 Å². The van der Waals surface area contributed by atoms with Crippen LogP contribution in [0, 0.1) is 5.92 Å². The number of ether oxygens (including phenoxy) is 1. The van der Waals surface area contributed by atoms with Gasteiger partial charge in [-0.25, -0.2) is 0 Å². The van der Waals surface area contributed by atoms with Gasteiger partial charge in [0.05, 0.1) is 5.60 Å². The van der Waals surface area contributed by atoms with E-state index in [0.717, 1.165) is 37.7 Å². The molecule has 2 heteroatoms. The topological polar surface area (TPSA) is 26.3 Å². The third kappa shape index (κ3) is 3.95. The highest BCUT2D eigenvalue weighted by Gasteiger charge is 2.25. The highest BCUT2D eigenvalue weighted by Crippen LogP contribution is 2.31. The molecule has 0 spiro atoms. The Morgan fingerprint density at radius 3 is 2.47 bits per heavy atom. The maximum absolute atomic E-state index is 11.8. The minimum atomic E-state index is -0.0389. The third-order valence-corrected chi connectivity index (χ3v) is 3.95. The van der Waals surface area contributed by atoms with Gasteiger partial charge in [0.2, 0.25) is 0 Å². The van der Waals surface area contributed by atoms with E-state index in [1.54, 1.807) is 7.11 Å². The molecule has 2 nitrogen and oxygen atoms in total. The van der Waals surface area contributed by atoms with Crippen molar-refractivity contribution < 1.29 is 9.53 Å². The van der Waals surface area contributed by atoms with Crippen molar-refractivity contribution in [3.63, 3.8) is 0 Å². The molecule has 1 aliphatic rings. The molecule has 0 aromatic heterocycles. The summed E-state index contributed by atoms with van der Waals surface area (Å²) in [6, 6.07) is 0. The second-order valence-corrected chi connectivity index (χ2v) is 5.87. The number of hydrogen-bond donors (Lipinski definition) is 0. The van der Waals surface area contributed by atoms with E-state index in [2.05, 4.69) is 27.7 Å². The number of ketones is 1. The van der Waals surface area contributed by atoms with Crippen LogP contribution in [0.25, 0.3) is 0 Å². The fourth-order valence-corrected chi connectivity index (χ4v) is 2.58. The van der Waals surface area contributed by atoms with Gasteiger partial charge in [-0.15, -0.1) is 0 Å². The summed E-state index contributed by atoms with van der Waals surface area (Å²) in [6.07, 6.45) is 4.96. The number of rotatable bonds is 6. The first-order valence-electron chi connectivity index (χ1n) is 6.65. The quantitative estimate of drug-likeness (QED) is 0.701. The first kappa shape index (κ1) is 14.4. The van der Waals surface area contributed by atoms with E-state index < -0.39 is 0 Å². The van der Waals surface area contributed by atoms with Crippen molar-refractivity contribution in [2.45, 2.75) is 65.4 Å². The summed E-state index contributed by atoms with van der Waals surface area (Å²) in [5.74, 6) is 0.790. The minimum Gasteiger partial charge on any atom is -0.379 e. The lowest BCUT2D eigenvalue weighted by Crippen LogP contribution is -2.22. The SMILES string of the molecule is COC(C)(C)CCCC(C)C1=C(C)CCC1=O. The van der Waals surface area contributed by atoms with Crippen molar-refractivity contribution in [2.75, 3.05) is 7.11 Å². The van der Waals surface area contributed by atoms with Gasteiger partial charge in [0.15, 0.2) is 5.78 Å². The molecule has 0 fully saturated rings. The lowest BCUT2D eigenvalue weighted by molar-refractivity contribution is -0.115. The van der Waals surface area contributed by atoms with E-state index >= 15 is 0 Å². The number of carbonyl (C=O) groups excluding carboxylic acids is 1. The van der Waals surface area contributed by atoms with Crippen molar-refractivity contribution in [1.29, 1.82) is 0 Å². The van der Waals surface area contributed by atoms with Crippen LogP contribution in [0.1, 0.15) is 59.8 Å². The first-order valence-corrected chi connectivity index (χ1v) is 6.65. The Bertz CT molecular complexity index is 313. The molecule has 0 aromatic carbocycles. The Balaban J connectivity index is 2.43. The molecule has 1 aliphatic carbocycles. The van der Waals surface area contributed by atoms with Gasteiger partial charge in [-0.2, -0.15) is 0 Å². The lowest BCUT2D eigenvalue weighted by atomic mass is 9.90. The maximum atomic E-state index is 11.8. The molecule has 0 heterocycles. The van der Waals surface area contributed by atoms with Gasteiger partial charge in [0.25, 0.3) is 0 Å². The molecular formula is C15H26O2. The van der Waals surface area contributed by atoms with Crippen molar-refractivity contribution in [3.8, 4) is 0 Å². The summed E-state index contributed by atoms with van der Waals surface area (Å²) in [6.45, 7) is 8.52. The normalized spacial score (nSPS) is 19.0. The number of hydrogen-bond acceptors (Lipinski definition) is 2. The van der Waals surface area contributed by atoms with Crippen molar-refractivity contribution >= 4 is 5.78 Å². The predicted octanol–water partition coefficient (Wildman–Crippen LogP) is 3.90. The molecule has 1 rings (SSSR count). The summed E-state index contributed by atoms with van der Waals surface area (Å²) in [4.78, 5) is 11.8. The van der Waals surface area contributed by atoms with Gasteiger partial charge < -0.3 is 4.74 Å². The second-order valence-electron chi connectivity index (χ2n) is 5.87. The van der Waals surface area contributed by atoms with Crippen LogP contribution in [0.4, 0.5) is 0 Å². The molecule has 0 N–H and O–H groups in total. The van der Waals surface area contributed by atoms with Gasteiger partial charge >= 0.3 is 0 Å². The van der Waals surface area contributed by atoms with Crippen LogP contribution in [0.2, 0.25) is 0 Å². The number of Topliss-reactive ketones (excluding diaryl/α,β-unsaturated/α-hetero) is 1. The Morgan fingerprint density at radius 1 is 1.35 bits per heavy atom. The third-order valence-electron chi connectivity index (χ3n) is 3.95. The predicted molar refractivity (Wildman–Crippen MR) is 71.0 cm³/mol. The van der Waals surface area contributed by atoms with Crippen molar-refractivity contribution in [3.05, 3.63) is 11.1 Å². The zero-order valence-corrected chi connectivity index (χ0v) is 11.9. The molecule has 1 unspecified atom stereocenters. The molecule has 0 bridgehead atoms. The van der Waals surface area contributed by atoms with Crippen molar-refractivity contribution in [1.82, 2.24) is 0 Å². The molecule has 0 aliphatic heterocycles. The van der Waals surface area contributed by atoms with E-state index in [-0.39, 0.29) is 5.60 Å². The number of carbonyl (C=O) groups is 1. The van der Waals surface area contributed by atoms with Crippen LogP contribution < -0.4 is 0 Å². The average Bonchev–Trinajstić information content (AvgIpc) is 2.58. The minimum absolute atomic E-state index is 0.0389. The maximum Gasteiger partial charge on any atom is 0.159 e. The fourth-order valence-electron chi connectivity index (χ4n) is 2.58. The van der Waals surface area contributed by atoms with E-state index in [1.807, 2.05) is 0 Å². The largest absolute Gasteiger partial charge is 0.379 e.